The van der Waals surface area contributed by atoms with E-state index in [1.165, 1.54) is 12.5 Å². The minimum Gasteiger partial charge on any atom is -0.477 e. The number of benzene rings is 2. The zero-order valence-electron chi connectivity index (χ0n) is 17.1. The second-order valence-corrected chi connectivity index (χ2v) is 8.19. The number of ether oxygens (including phenoxy) is 1. The predicted octanol–water partition coefficient (Wildman–Crippen LogP) is 4.03. The number of aromatic carboxylic acids is 1. The van der Waals surface area contributed by atoms with Gasteiger partial charge in [-0.1, -0.05) is 23.7 Å². The van der Waals surface area contributed by atoms with Gasteiger partial charge in [-0.2, -0.15) is 0 Å². The van der Waals surface area contributed by atoms with E-state index < -0.39 is 22.8 Å². The van der Waals surface area contributed by atoms with Gasteiger partial charge < -0.3 is 24.2 Å². The van der Waals surface area contributed by atoms with E-state index >= 15 is 4.39 Å². The summed E-state index contributed by atoms with van der Waals surface area (Å²) in [6.07, 6.45) is 2.70. The number of carboxylic acid groups (broad SMARTS) is 1. The highest BCUT2D eigenvalue weighted by atomic mass is 35.5. The summed E-state index contributed by atoms with van der Waals surface area (Å²) in [6, 6.07) is 8.70. The number of hydrogen-bond donors (Lipinski definition) is 1. The molecular formula is C23H19ClFN3O4. The number of carbonyl (C=O) groups is 1. The van der Waals surface area contributed by atoms with Crippen LogP contribution in [0.3, 0.4) is 0 Å². The Morgan fingerprint density at radius 1 is 1.16 bits per heavy atom. The van der Waals surface area contributed by atoms with Crippen molar-refractivity contribution < 1.29 is 19.0 Å². The molecule has 0 aliphatic carbocycles. The molecule has 0 radical (unpaired) electrons. The molecule has 0 saturated carbocycles. The van der Waals surface area contributed by atoms with Crippen LogP contribution in [0.2, 0.25) is 5.02 Å². The van der Waals surface area contributed by atoms with Gasteiger partial charge in [0.2, 0.25) is 5.43 Å². The SMILES string of the molecule is CC1=COc2c(N3CCN(c4ccccc4Cl)CC3)c(F)cc3c(=O)c(C(=O)O)cn1c23. The first-order valence-corrected chi connectivity index (χ1v) is 10.5. The van der Waals surface area contributed by atoms with E-state index in [-0.39, 0.29) is 16.8 Å². The Morgan fingerprint density at radius 2 is 1.84 bits per heavy atom. The normalized spacial score (nSPS) is 15.5. The molecule has 32 heavy (non-hydrogen) atoms. The van der Waals surface area contributed by atoms with Crippen LogP contribution in [-0.4, -0.2) is 41.8 Å². The van der Waals surface area contributed by atoms with Crippen molar-refractivity contribution in [2.75, 3.05) is 36.0 Å². The van der Waals surface area contributed by atoms with Crippen molar-refractivity contribution in [3.05, 3.63) is 69.4 Å². The van der Waals surface area contributed by atoms with Crippen LogP contribution in [0.5, 0.6) is 5.75 Å². The Labute approximate surface area is 187 Å². The number of pyridine rings is 1. The van der Waals surface area contributed by atoms with E-state index in [0.717, 1.165) is 11.8 Å². The van der Waals surface area contributed by atoms with E-state index in [1.54, 1.807) is 11.5 Å². The van der Waals surface area contributed by atoms with Gasteiger partial charge in [-0.3, -0.25) is 4.79 Å². The standard InChI is InChI=1S/C23H19ClFN3O4/c1-13-12-32-22-19-14(21(29)15(23(30)31)11-28(13)19)10-17(25)20(22)27-8-6-26(7-9-27)18-5-3-2-4-16(18)24/h2-5,10-12H,6-9H2,1H3,(H,30,31). The van der Waals surface area contributed by atoms with E-state index in [9.17, 15) is 14.7 Å². The first kappa shape index (κ1) is 20.4. The van der Waals surface area contributed by atoms with Crippen LogP contribution in [-0.2, 0) is 0 Å². The number of carboxylic acids is 1. The number of rotatable bonds is 3. The van der Waals surface area contributed by atoms with Crippen LogP contribution in [0.4, 0.5) is 15.8 Å². The largest absolute Gasteiger partial charge is 0.477 e. The van der Waals surface area contributed by atoms with Crippen molar-refractivity contribution in [3.8, 4) is 5.75 Å². The van der Waals surface area contributed by atoms with Gasteiger partial charge in [0.25, 0.3) is 0 Å². The number of nitrogens with zero attached hydrogens (tertiary/aromatic N) is 3. The summed E-state index contributed by atoms with van der Waals surface area (Å²) in [5.74, 6) is -1.77. The van der Waals surface area contributed by atoms with E-state index in [1.807, 2.05) is 29.2 Å². The maximum atomic E-state index is 15.3. The van der Waals surface area contributed by atoms with E-state index in [0.29, 0.717) is 42.4 Å². The number of aromatic nitrogens is 1. The van der Waals surface area contributed by atoms with E-state index in [4.69, 9.17) is 16.3 Å². The fourth-order valence-electron chi connectivity index (χ4n) is 4.33. The van der Waals surface area contributed by atoms with Crippen molar-refractivity contribution in [3.63, 3.8) is 0 Å². The third-order valence-electron chi connectivity index (χ3n) is 5.92. The number of piperazine rings is 1. The van der Waals surface area contributed by atoms with Gasteiger partial charge in [-0.15, -0.1) is 0 Å². The highest BCUT2D eigenvalue weighted by Crippen LogP contribution is 2.42. The minimum atomic E-state index is -1.36. The zero-order chi connectivity index (χ0) is 22.6. The lowest BCUT2D eigenvalue weighted by atomic mass is 10.1. The molecule has 9 heteroatoms. The number of para-hydroxylation sites is 1. The maximum absolute atomic E-state index is 15.3. The molecule has 2 aliphatic heterocycles. The Morgan fingerprint density at radius 3 is 2.53 bits per heavy atom. The van der Waals surface area contributed by atoms with Crippen LogP contribution < -0.4 is 20.0 Å². The molecule has 164 valence electrons. The molecule has 0 atom stereocenters. The van der Waals surface area contributed by atoms with Gasteiger partial charge in [0.15, 0.2) is 11.6 Å². The van der Waals surface area contributed by atoms with Gasteiger partial charge in [-0.05, 0) is 25.1 Å². The Bertz CT molecular complexity index is 1360. The van der Waals surface area contributed by atoms with Crippen molar-refractivity contribution >= 4 is 45.5 Å². The fraction of sp³-hybridized carbons (Fsp3) is 0.217. The number of halogens is 2. The topological polar surface area (TPSA) is 75.0 Å². The monoisotopic (exact) mass is 455 g/mol. The Hall–Kier alpha value is -3.52. The molecule has 1 fully saturated rings. The fourth-order valence-corrected chi connectivity index (χ4v) is 4.59. The summed E-state index contributed by atoms with van der Waals surface area (Å²) in [5, 5.41) is 10.0. The summed E-state index contributed by atoms with van der Waals surface area (Å²) in [4.78, 5) is 28.3. The first-order chi connectivity index (χ1) is 15.4. The second kappa shape index (κ2) is 7.56. The molecule has 0 amide bonds. The van der Waals surface area contributed by atoms with Gasteiger partial charge in [-0.25, -0.2) is 9.18 Å². The summed E-state index contributed by atoms with van der Waals surface area (Å²) in [7, 11) is 0. The molecule has 2 aromatic carbocycles. The van der Waals surface area contributed by atoms with Gasteiger partial charge in [0.05, 0.1) is 21.8 Å². The molecule has 1 aromatic heterocycles. The number of allylic oxidation sites excluding steroid dienone is 1. The Balaban J connectivity index is 1.58. The minimum absolute atomic E-state index is 0.0247. The molecule has 1 N–H and O–H groups in total. The average Bonchev–Trinajstić information content (AvgIpc) is 2.78. The van der Waals surface area contributed by atoms with Crippen molar-refractivity contribution in [2.24, 2.45) is 0 Å². The van der Waals surface area contributed by atoms with Crippen LogP contribution in [0.25, 0.3) is 16.6 Å². The molecule has 0 spiro atoms. The first-order valence-electron chi connectivity index (χ1n) is 10.1. The van der Waals surface area contributed by atoms with Crippen molar-refractivity contribution in [1.82, 2.24) is 4.57 Å². The molecule has 0 unspecified atom stereocenters. The zero-order valence-corrected chi connectivity index (χ0v) is 17.9. The molecule has 7 nitrogen and oxygen atoms in total. The van der Waals surface area contributed by atoms with Gasteiger partial charge in [0.1, 0.15) is 23.0 Å². The lowest BCUT2D eigenvalue weighted by Gasteiger charge is -2.38. The van der Waals surface area contributed by atoms with E-state index in [2.05, 4.69) is 4.90 Å². The van der Waals surface area contributed by atoms with Crippen molar-refractivity contribution in [2.45, 2.75) is 6.92 Å². The number of hydrogen-bond acceptors (Lipinski definition) is 5. The quantitative estimate of drug-likeness (QED) is 0.642. The highest BCUT2D eigenvalue weighted by Gasteiger charge is 2.30. The van der Waals surface area contributed by atoms with Crippen LogP contribution in [0.1, 0.15) is 17.3 Å². The van der Waals surface area contributed by atoms with Crippen molar-refractivity contribution in [1.29, 1.82) is 0 Å². The van der Waals surface area contributed by atoms with Gasteiger partial charge in [0, 0.05) is 32.4 Å². The van der Waals surface area contributed by atoms with Crippen LogP contribution in [0, 0.1) is 5.82 Å². The summed E-state index contributed by atoms with van der Waals surface area (Å²) < 4.78 is 22.7. The molecular weight excluding hydrogens is 437 g/mol. The Kier molecular flexibility index (Phi) is 4.82. The molecule has 3 heterocycles. The second-order valence-electron chi connectivity index (χ2n) is 7.78. The summed E-state index contributed by atoms with van der Waals surface area (Å²) in [6.45, 7) is 4.01. The average molecular weight is 456 g/mol. The summed E-state index contributed by atoms with van der Waals surface area (Å²) in [5.41, 5.74) is 0.988. The molecule has 2 aliphatic rings. The molecule has 0 bridgehead atoms. The predicted molar refractivity (Wildman–Crippen MR) is 122 cm³/mol. The van der Waals surface area contributed by atoms with Gasteiger partial charge >= 0.3 is 5.97 Å². The maximum Gasteiger partial charge on any atom is 0.341 e. The highest BCUT2D eigenvalue weighted by molar-refractivity contribution is 6.33. The lowest BCUT2D eigenvalue weighted by Crippen LogP contribution is -2.47. The third-order valence-corrected chi connectivity index (χ3v) is 6.24. The van der Waals surface area contributed by atoms with Crippen LogP contribution in [0.15, 0.2) is 47.6 Å². The molecule has 5 rings (SSSR count). The number of anilines is 2. The molecule has 3 aromatic rings. The summed E-state index contributed by atoms with van der Waals surface area (Å²) >= 11 is 6.32. The lowest BCUT2D eigenvalue weighted by molar-refractivity contribution is 0.0695. The van der Waals surface area contributed by atoms with Crippen LogP contribution >= 0.6 is 11.6 Å². The third kappa shape index (κ3) is 3.10. The molecule has 1 saturated heterocycles. The smallest absolute Gasteiger partial charge is 0.341 e.